The Morgan fingerprint density at radius 1 is 0.718 bits per heavy atom. The van der Waals surface area contributed by atoms with Crippen LogP contribution < -0.4 is 8.90 Å². The van der Waals surface area contributed by atoms with Gasteiger partial charge in [0.05, 0.1) is 0 Å². The number of hydrogen-bond acceptors (Lipinski definition) is 2. The van der Waals surface area contributed by atoms with Crippen molar-refractivity contribution in [3.63, 3.8) is 0 Å². The molecule has 0 spiro atoms. The Labute approximate surface area is 230 Å². The zero-order chi connectivity index (χ0) is 27.2. The maximum atomic E-state index is 14.0. The van der Waals surface area contributed by atoms with E-state index in [2.05, 4.69) is 75.4 Å². The summed E-state index contributed by atoms with van der Waals surface area (Å²) >= 11 is -5.51. The predicted octanol–water partition coefficient (Wildman–Crippen LogP) is 8.29. The van der Waals surface area contributed by atoms with E-state index in [0.29, 0.717) is 17.9 Å². The molecule has 0 aliphatic heterocycles. The van der Waals surface area contributed by atoms with Gasteiger partial charge in [0.25, 0.3) is 0 Å². The first kappa shape index (κ1) is 25.8. The summed E-state index contributed by atoms with van der Waals surface area (Å²) in [5.74, 6) is 0.428. The van der Waals surface area contributed by atoms with Crippen LogP contribution in [0.25, 0.3) is 11.1 Å². The van der Waals surface area contributed by atoms with Crippen molar-refractivity contribution in [1.82, 2.24) is 0 Å². The Kier molecular flexibility index (Phi) is 6.39. The van der Waals surface area contributed by atoms with Crippen molar-refractivity contribution in [3.05, 3.63) is 135 Å². The Balaban J connectivity index is 1.73. The fraction of sp³-hybridized carbons (Fsp3) is 0.147. The molecule has 0 radical (unpaired) electrons. The van der Waals surface area contributed by atoms with Crippen LogP contribution in [0.3, 0.4) is 0 Å². The topological polar surface area (TPSA) is 18.5 Å². The summed E-state index contributed by atoms with van der Waals surface area (Å²) in [6.07, 6.45) is 5.84. The van der Waals surface area contributed by atoms with Crippen molar-refractivity contribution in [2.75, 3.05) is 0 Å². The minimum absolute atomic E-state index is 0.331. The van der Waals surface area contributed by atoms with E-state index < -0.39 is 19.2 Å². The molecule has 196 valence electrons. The summed E-state index contributed by atoms with van der Waals surface area (Å²) in [5, 5.41) is 0. The van der Waals surface area contributed by atoms with Crippen molar-refractivity contribution in [1.29, 1.82) is 0 Å². The molecular weight excluding hydrogens is 570 g/mol. The first-order valence-electron chi connectivity index (χ1n) is 13.2. The van der Waals surface area contributed by atoms with Crippen LogP contribution >= 0.6 is 0 Å². The van der Waals surface area contributed by atoms with E-state index in [0.717, 1.165) is 21.8 Å². The van der Waals surface area contributed by atoms with Gasteiger partial charge in [0.1, 0.15) is 0 Å². The zero-order valence-corrected chi connectivity index (χ0v) is 24.8. The van der Waals surface area contributed by atoms with Crippen LogP contribution in [0.5, 0.6) is 11.5 Å². The van der Waals surface area contributed by atoms with E-state index in [-0.39, 0.29) is 11.6 Å². The van der Waals surface area contributed by atoms with Crippen molar-refractivity contribution in [2.45, 2.75) is 33.6 Å². The summed E-state index contributed by atoms with van der Waals surface area (Å²) in [6, 6.07) is 27.3. The first-order valence-corrected chi connectivity index (χ1v) is 18.9. The molecular formula is C34H30F2O2Zr. The number of benzene rings is 4. The quantitative estimate of drug-likeness (QED) is 0.196. The Hall–Kier alpha value is -3.43. The van der Waals surface area contributed by atoms with E-state index >= 15 is 0 Å². The van der Waals surface area contributed by atoms with Crippen LogP contribution in [0.1, 0.15) is 38.3 Å². The molecule has 0 amide bonds. The SMILES string of the molecule is CC1=CC[C]([Zr]([O]c2ccc(F)cc2)([O]c2ccc(F)cc2)(=[C](C)C)[c]2cccc3c2Cc2ccccc2-3)=C1. The summed E-state index contributed by atoms with van der Waals surface area (Å²) in [7, 11) is 0. The van der Waals surface area contributed by atoms with Gasteiger partial charge in [-0.25, -0.2) is 0 Å². The molecule has 5 heteroatoms. The second kappa shape index (κ2) is 9.64. The third-order valence-corrected chi connectivity index (χ3v) is 22.9. The summed E-state index contributed by atoms with van der Waals surface area (Å²) in [4.78, 5) is 0. The fourth-order valence-corrected chi connectivity index (χ4v) is 20.4. The van der Waals surface area contributed by atoms with Gasteiger partial charge in [-0.05, 0) is 0 Å². The van der Waals surface area contributed by atoms with Crippen LogP contribution in [-0.4, -0.2) is 3.21 Å². The van der Waals surface area contributed by atoms with Gasteiger partial charge in [0.2, 0.25) is 0 Å². The van der Waals surface area contributed by atoms with Gasteiger partial charge >= 0.3 is 231 Å². The monoisotopic (exact) mass is 598 g/mol. The molecule has 2 aliphatic carbocycles. The molecule has 2 nitrogen and oxygen atoms in total. The molecule has 0 bridgehead atoms. The van der Waals surface area contributed by atoms with E-state index in [1.807, 2.05) is 0 Å². The minimum atomic E-state index is -5.51. The normalized spacial score (nSPS) is 14.3. The third-order valence-electron chi connectivity index (χ3n) is 8.13. The van der Waals surface area contributed by atoms with Crippen molar-refractivity contribution in [3.8, 4) is 22.6 Å². The molecule has 39 heavy (non-hydrogen) atoms. The molecule has 4 aromatic carbocycles. The third kappa shape index (κ3) is 4.10. The first-order chi connectivity index (χ1) is 18.8. The van der Waals surface area contributed by atoms with Gasteiger partial charge in [-0.2, -0.15) is 0 Å². The van der Waals surface area contributed by atoms with Crippen LogP contribution in [-0.2, 0) is 25.6 Å². The van der Waals surface area contributed by atoms with Gasteiger partial charge in [0, 0.05) is 0 Å². The zero-order valence-electron chi connectivity index (χ0n) is 22.3. The number of rotatable bonds is 6. The summed E-state index contributed by atoms with van der Waals surface area (Å²) in [6.45, 7) is 6.27. The molecule has 0 unspecified atom stereocenters. The van der Waals surface area contributed by atoms with Gasteiger partial charge < -0.3 is 0 Å². The predicted molar refractivity (Wildman–Crippen MR) is 151 cm³/mol. The van der Waals surface area contributed by atoms with Crippen molar-refractivity contribution < 1.29 is 33.6 Å². The molecule has 0 saturated heterocycles. The Morgan fingerprint density at radius 2 is 1.31 bits per heavy atom. The molecule has 6 rings (SSSR count). The van der Waals surface area contributed by atoms with Crippen LogP contribution in [0.4, 0.5) is 8.78 Å². The number of allylic oxidation sites excluding steroid dienone is 4. The van der Waals surface area contributed by atoms with E-state index in [9.17, 15) is 8.78 Å². The van der Waals surface area contributed by atoms with E-state index in [4.69, 9.17) is 5.63 Å². The van der Waals surface area contributed by atoms with Gasteiger partial charge in [0.15, 0.2) is 0 Å². The van der Waals surface area contributed by atoms with Crippen LogP contribution in [0, 0.1) is 11.6 Å². The average Bonchev–Trinajstić information content (AvgIpc) is 3.55. The number of halogens is 2. The molecule has 0 atom stereocenters. The average molecular weight is 600 g/mol. The standard InChI is InChI=1S/C13H9.2C6H5FO.C6H7.C3H6.Zr/c1-3-7-12-10(5-1)9-11-6-2-4-8-13(11)12;2*7-5-1-3-6(8)4-2-5;1-6-4-2-3-5-6;1-3-2;/h1-5,7-8H,9H2;2*1-4,8H;4-5H,2H2,1H3;1-2H3;/q;;;;;+2/p-2. The van der Waals surface area contributed by atoms with Crippen molar-refractivity contribution >= 4 is 6.48 Å². The van der Waals surface area contributed by atoms with Gasteiger partial charge in [-0.3, -0.25) is 0 Å². The molecule has 0 aromatic heterocycles. The molecule has 0 N–H and O–H groups in total. The summed E-state index contributed by atoms with van der Waals surface area (Å²) < 4.78 is 46.0. The van der Waals surface area contributed by atoms with Crippen molar-refractivity contribution in [2.24, 2.45) is 0 Å². The van der Waals surface area contributed by atoms with Gasteiger partial charge in [-0.15, -0.1) is 0 Å². The molecule has 0 fully saturated rings. The molecule has 0 saturated carbocycles. The fourth-order valence-electron chi connectivity index (χ4n) is 6.25. The second-order valence-corrected chi connectivity index (χ2v) is 22.3. The molecule has 0 heterocycles. The Morgan fingerprint density at radius 3 is 1.87 bits per heavy atom. The van der Waals surface area contributed by atoms with E-state index in [1.165, 1.54) is 46.5 Å². The number of hydrogen-bond donors (Lipinski definition) is 0. The summed E-state index contributed by atoms with van der Waals surface area (Å²) in [5.41, 5.74) is 6.01. The van der Waals surface area contributed by atoms with Gasteiger partial charge in [-0.1, -0.05) is 0 Å². The maximum absolute atomic E-state index is 14.0. The van der Waals surface area contributed by atoms with Crippen LogP contribution in [0.2, 0.25) is 0 Å². The second-order valence-electron chi connectivity index (χ2n) is 10.7. The molecule has 4 aromatic rings. The Bertz CT molecular complexity index is 1670. The number of fused-ring (bicyclic) bond motifs is 3. The molecule has 2 aliphatic rings. The van der Waals surface area contributed by atoms with Crippen LogP contribution in [0.15, 0.2) is 112 Å². The van der Waals surface area contributed by atoms with E-state index in [1.54, 1.807) is 24.3 Å².